The summed E-state index contributed by atoms with van der Waals surface area (Å²) in [5, 5.41) is 11.1. The smallest absolute Gasteiger partial charge is 0.289 e. The van der Waals surface area contributed by atoms with Crippen molar-refractivity contribution in [2.75, 3.05) is 11.9 Å². The molecule has 1 amide bonds. The molecule has 0 heterocycles. The van der Waals surface area contributed by atoms with Gasteiger partial charge in [-0.1, -0.05) is 41.6 Å². The third-order valence-electron chi connectivity index (χ3n) is 3.04. The number of thioether (sulfide) groups is 1. The fourth-order valence-corrected chi connectivity index (χ4v) is 2.87. The Labute approximate surface area is 158 Å². The van der Waals surface area contributed by atoms with Crippen LogP contribution in [0.5, 0.6) is 5.75 Å². The van der Waals surface area contributed by atoms with Gasteiger partial charge in [-0.3, -0.25) is 4.79 Å². The van der Waals surface area contributed by atoms with Crippen LogP contribution in [0, 0.1) is 11.3 Å². The first-order valence-electron chi connectivity index (χ1n) is 7.32. The van der Waals surface area contributed by atoms with Crippen molar-refractivity contribution in [3.8, 4) is 11.8 Å². The largest absolute Gasteiger partial charge is 0.479 e. The van der Waals surface area contributed by atoms with Crippen LogP contribution >= 0.6 is 23.4 Å². The first-order chi connectivity index (χ1) is 12.5. The van der Waals surface area contributed by atoms with Gasteiger partial charge >= 0.3 is 0 Å². The highest BCUT2D eigenvalue weighted by Gasteiger charge is 2.14. The normalized spacial score (nSPS) is 10.7. The minimum absolute atomic E-state index is 0.0454. The number of ether oxygens (including phenoxy) is 1. The van der Waals surface area contributed by atoms with Crippen molar-refractivity contribution in [2.24, 2.45) is 0 Å². The Kier molecular flexibility index (Phi) is 7.45. The summed E-state index contributed by atoms with van der Waals surface area (Å²) < 4.78 is 30.4. The molecule has 1 N–H and O–H groups in total. The molecule has 2 aromatic carbocycles. The first kappa shape index (κ1) is 19.8. The molecular weight excluding hydrogens is 382 g/mol. The lowest BCUT2D eigenvalue weighted by atomic mass is 10.2. The Morgan fingerprint density at radius 1 is 1.31 bits per heavy atom. The van der Waals surface area contributed by atoms with Gasteiger partial charge in [0, 0.05) is 6.08 Å². The van der Waals surface area contributed by atoms with Crippen molar-refractivity contribution < 1.29 is 18.3 Å². The van der Waals surface area contributed by atoms with Crippen LogP contribution < -0.4 is 10.1 Å². The van der Waals surface area contributed by atoms with Gasteiger partial charge in [0.2, 0.25) is 5.91 Å². The molecule has 0 unspecified atom stereocenters. The van der Waals surface area contributed by atoms with Crippen molar-refractivity contribution >= 4 is 41.0 Å². The summed E-state index contributed by atoms with van der Waals surface area (Å²) >= 11 is 6.20. The average molecular weight is 395 g/mol. The Hall–Kier alpha value is -2.56. The lowest BCUT2D eigenvalue weighted by Gasteiger charge is -2.10. The van der Waals surface area contributed by atoms with E-state index < -0.39 is 11.7 Å². The molecule has 0 aliphatic rings. The van der Waals surface area contributed by atoms with E-state index in [4.69, 9.17) is 21.6 Å². The van der Waals surface area contributed by atoms with E-state index in [1.165, 1.54) is 18.2 Å². The zero-order chi connectivity index (χ0) is 18.9. The van der Waals surface area contributed by atoms with Gasteiger partial charge in [0.25, 0.3) is 5.76 Å². The van der Waals surface area contributed by atoms with Crippen molar-refractivity contribution in [3.63, 3.8) is 0 Å². The summed E-state index contributed by atoms with van der Waals surface area (Å²) in [5.41, 5.74) is 0.954. The number of nitrogens with one attached hydrogen (secondary N) is 1. The molecule has 0 bridgehead atoms. The zero-order valence-corrected chi connectivity index (χ0v) is 14.9. The SMILES string of the molecule is N#CCOc1ccc(/C=C/C(=O)Nc2cccc(Cl)c2SC(F)F)cc1. The molecule has 134 valence electrons. The van der Waals surface area contributed by atoms with Crippen molar-refractivity contribution in [3.05, 3.63) is 59.1 Å². The van der Waals surface area contributed by atoms with Gasteiger partial charge < -0.3 is 10.1 Å². The van der Waals surface area contributed by atoms with Crippen LogP contribution in [-0.2, 0) is 4.79 Å². The van der Waals surface area contributed by atoms with Gasteiger partial charge in [-0.25, -0.2) is 0 Å². The van der Waals surface area contributed by atoms with E-state index in [0.717, 1.165) is 5.56 Å². The number of carbonyl (C=O) groups excluding carboxylic acids is 1. The highest BCUT2D eigenvalue weighted by molar-refractivity contribution is 7.99. The van der Waals surface area contributed by atoms with Crippen molar-refractivity contribution in [2.45, 2.75) is 10.7 Å². The van der Waals surface area contributed by atoms with Crippen LogP contribution in [0.1, 0.15) is 5.56 Å². The number of amides is 1. The van der Waals surface area contributed by atoms with Gasteiger partial charge in [0.05, 0.1) is 15.6 Å². The quantitative estimate of drug-likeness (QED) is 0.517. The number of benzene rings is 2. The van der Waals surface area contributed by atoms with E-state index in [-0.39, 0.29) is 34.0 Å². The monoisotopic (exact) mass is 394 g/mol. The maximum atomic E-state index is 12.6. The highest BCUT2D eigenvalue weighted by Crippen LogP contribution is 2.37. The molecule has 0 aromatic heterocycles. The lowest BCUT2D eigenvalue weighted by molar-refractivity contribution is -0.111. The van der Waals surface area contributed by atoms with Gasteiger partial charge in [-0.05, 0) is 35.9 Å². The van der Waals surface area contributed by atoms with E-state index >= 15 is 0 Å². The first-order valence-corrected chi connectivity index (χ1v) is 8.57. The predicted molar refractivity (Wildman–Crippen MR) is 98.5 cm³/mol. The highest BCUT2D eigenvalue weighted by atomic mass is 35.5. The van der Waals surface area contributed by atoms with Gasteiger partial charge in [-0.15, -0.1) is 0 Å². The zero-order valence-electron chi connectivity index (χ0n) is 13.3. The number of nitriles is 1. The summed E-state index contributed by atoms with van der Waals surface area (Å²) in [7, 11) is 0. The van der Waals surface area contributed by atoms with Crippen LogP contribution in [0.25, 0.3) is 6.08 Å². The second-order valence-corrected chi connectivity index (χ2v) is 6.24. The van der Waals surface area contributed by atoms with Gasteiger partial charge in [0.15, 0.2) is 6.61 Å². The van der Waals surface area contributed by atoms with E-state index in [1.54, 1.807) is 36.4 Å². The number of rotatable bonds is 7. The Balaban J connectivity index is 2.03. The maximum Gasteiger partial charge on any atom is 0.289 e. The lowest BCUT2D eigenvalue weighted by Crippen LogP contribution is -2.09. The van der Waals surface area contributed by atoms with Crippen LogP contribution in [0.3, 0.4) is 0 Å². The van der Waals surface area contributed by atoms with E-state index in [9.17, 15) is 13.6 Å². The number of nitrogens with zero attached hydrogens (tertiary/aromatic N) is 1. The molecule has 0 radical (unpaired) electrons. The average Bonchev–Trinajstić information content (AvgIpc) is 2.62. The minimum Gasteiger partial charge on any atom is -0.479 e. The molecule has 0 fully saturated rings. The summed E-state index contributed by atoms with van der Waals surface area (Å²) in [4.78, 5) is 12.2. The topological polar surface area (TPSA) is 62.1 Å². The number of alkyl halides is 2. The molecule has 0 saturated heterocycles. The maximum absolute atomic E-state index is 12.6. The van der Waals surface area contributed by atoms with E-state index in [1.807, 2.05) is 6.07 Å². The predicted octanol–water partition coefficient (Wildman–Crippen LogP) is 5.21. The standard InChI is InChI=1S/C18H13ClF2N2O2S/c19-14-2-1-3-15(17(14)26-18(20)21)23-16(24)9-6-12-4-7-13(8-5-12)25-11-10-22/h1-9,18H,11H2,(H,23,24)/b9-6+. The molecule has 0 aliphatic carbocycles. The van der Waals surface area contributed by atoms with Gasteiger partial charge in [-0.2, -0.15) is 14.0 Å². The summed E-state index contributed by atoms with van der Waals surface area (Å²) in [6.07, 6.45) is 2.84. The van der Waals surface area contributed by atoms with Crippen molar-refractivity contribution in [1.82, 2.24) is 0 Å². The minimum atomic E-state index is -2.65. The summed E-state index contributed by atoms with van der Waals surface area (Å²) in [6.45, 7) is -0.0454. The fraction of sp³-hybridized carbons (Fsp3) is 0.111. The number of carbonyl (C=O) groups is 1. The molecule has 0 atom stereocenters. The van der Waals surface area contributed by atoms with Gasteiger partial charge in [0.1, 0.15) is 11.8 Å². The molecule has 0 saturated carbocycles. The second kappa shape index (κ2) is 9.80. The van der Waals surface area contributed by atoms with Crippen LogP contribution in [0.15, 0.2) is 53.4 Å². The number of hydrogen-bond acceptors (Lipinski definition) is 4. The Bertz CT molecular complexity index is 836. The molecule has 26 heavy (non-hydrogen) atoms. The number of halogens is 3. The molecule has 2 aromatic rings. The van der Waals surface area contributed by atoms with Crippen LogP contribution in [-0.4, -0.2) is 18.3 Å². The summed E-state index contributed by atoms with van der Waals surface area (Å²) in [6, 6.07) is 13.2. The van der Waals surface area contributed by atoms with Crippen LogP contribution in [0.4, 0.5) is 14.5 Å². The molecule has 2 rings (SSSR count). The molecule has 0 spiro atoms. The molecule has 8 heteroatoms. The Morgan fingerprint density at radius 2 is 2.04 bits per heavy atom. The second-order valence-electron chi connectivity index (χ2n) is 4.83. The number of hydrogen-bond donors (Lipinski definition) is 1. The van der Waals surface area contributed by atoms with Crippen LogP contribution in [0.2, 0.25) is 5.02 Å². The third-order valence-corrected chi connectivity index (χ3v) is 4.32. The number of anilines is 1. The third kappa shape index (κ3) is 6.06. The van der Waals surface area contributed by atoms with Crippen molar-refractivity contribution in [1.29, 1.82) is 5.26 Å². The molecule has 0 aliphatic heterocycles. The molecular formula is C18H13ClF2N2O2S. The molecule has 4 nitrogen and oxygen atoms in total. The Morgan fingerprint density at radius 3 is 2.69 bits per heavy atom. The summed E-state index contributed by atoms with van der Waals surface area (Å²) in [5.74, 6) is -2.59. The van der Waals surface area contributed by atoms with E-state index in [2.05, 4.69) is 5.32 Å². The fourth-order valence-electron chi connectivity index (χ4n) is 1.95. The van der Waals surface area contributed by atoms with E-state index in [0.29, 0.717) is 5.75 Å².